The van der Waals surface area contributed by atoms with Crippen LogP contribution in [0, 0.1) is 16.7 Å². The number of rotatable bonds is 30. The molecule has 0 bridgehead atoms. The van der Waals surface area contributed by atoms with Crippen LogP contribution in [0.25, 0.3) is 11.1 Å². The van der Waals surface area contributed by atoms with E-state index in [1.807, 2.05) is 13.8 Å². The monoisotopic (exact) mass is 835 g/mol. The number of ether oxygens (including phenoxy) is 2. The van der Waals surface area contributed by atoms with Gasteiger partial charge >= 0.3 is 5.97 Å². The van der Waals surface area contributed by atoms with Gasteiger partial charge in [-0.05, 0) is 160 Å². The first-order chi connectivity index (χ1) is 28.8. The van der Waals surface area contributed by atoms with E-state index in [0.717, 1.165) is 29.0 Å². The van der Waals surface area contributed by atoms with Gasteiger partial charge in [0.2, 0.25) is 0 Å². The molecule has 1 aliphatic rings. The van der Waals surface area contributed by atoms with Gasteiger partial charge in [0.25, 0.3) is 0 Å². The Morgan fingerprint density at radius 3 is 1.80 bits per heavy atom. The molecule has 1 atom stereocenters. The second-order valence-electron chi connectivity index (χ2n) is 18.3. The van der Waals surface area contributed by atoms with E-state index in [2.05, 4.69) is 50.4 Å². The Morgan fingerprint density at radius 1 is 0.717 bits per heavy atom. The minimum absolute atomic E-state index is 0.0874. The van der Waals surface area contributed by atoms with Crippen LogP contribution < -0.4 is 0 Å². The summed E-state index contributed by atoms with van der Waals surface area (Å²) in [5.41, 5.74) is 8.14. The van der Waals surface area contributed by atoms with Gasteiger partial charge in [-0.15, -0.1) is 0 Å². The highest BCUT2D eigenvalue weighted by atomic mass is 16.6. The Hall–Kier alpha value is -2.85. The molecular formula is C52H82O8. The number of carbonyl (C=O) groups is 1. The zero-order valence-electron chi connectivity index (χ0n) is 38.2. The van der Waals surface area contributed by atoms with Crippen molar-refractivity contribution >= 4 is 5.97 Å². The number of esters is 1. The summed E-state index contributed by atoms with van der Waals surface area (Å²) in [5.74, 6) is 0.894. The van der Waals surface area contributed by atoms with Gasteiger partial charge in [-0.3, -0.25) is 0 Å². The summed E-state index contributed by atoms with van der Waals surface area (Å²) in [4.78, 5) is 12.3. The Kier molecular flexibility index (Phi) is 22.8. The summed E-state index contributed by atoms with van der Waals surface area (Å²) in [6, 6.07) is 11.5. The van der Waals surface area contributed by atoms with Crippen LogP contribution in [-0.2, 0) is 40.0 Å². The van der Waals surface area contributed by atoms with Crippen molar-refractivity contribution in [2.24, 2.45) is 16.7 Å². The van der Waals surface area contributed by atoms with Gasteiger partial charge in [0.05, 0.1) is 39.6 Å². The highest BCUT2D eigenvalue weighted by molar-refractivity contribution is 5.86. The van der Waals surface area contributed by atoms with Gasteiger partial charge in [-0.2, -0.15) is 0 Å². The maximum absolute atomic E-state index is 12.3. The summed E-state index contributed by atoms with van der Waals surface area (Å²) >= 11 is 0. The number of benzene rings is 2. The number of aliphatic hydroxyl groups excluding tert-OH is 5. The van der Waals surface area contributed by atoms with Crippen molar-refractivity contribution in [1.82, 2.24) is 0 Å². The molecule has 2 aromatic carbocycles. The quantitative estimate of drug-likeness (QED) is 0.0173. The Balaban J connectivity index is 2.15. The number of unbranched alkanes of at least 4 members (excludes halogenated alkanes) is 3. The summed E-state index contributed by atoms with van der Waals surface area (Å²) in [7, 11) is 0. The van der Waals surface area contributed by atoms with Gasteiger partial charge in [-0.1, -0.05) is 96.4 Å². The van der Waals surface area contributed by atoms with Crippen LogP contribution in [0.1, 0.15) is 165 Å². The first-order valence-corrected chi connectivity index (χ1v) is 23.3. The number of carbonyl (C=O) groups excluding carboxylic acids is 1. The molecule has 0 saturated heterocycles. The molecule has 0 amide bonds. The maximum atomic E-state index is 12.3. The SMILES string of the molecule is C=C(C)C(=O)OCCCc1cc(C2CCC(CCCCCC)CC2)cc(CCCOC(O)C(=C)C)c1-c1ccc(CCC(CC)(CO)CO)c(CCC(CC)(CO)CO)c1. The Bertz CT molecular complexity index is 1580. The van der Waals surface area contributed by atoms with Crippen molar-refractivity contribution in [3.8, 4) is 11.1 Å². The summed E-state index contributed by atoms with van der Waals surface area (Å²) in [6.07, 6.45) is 17.1. The molecule has 0 aliphatic heterocycles. The van der Waals surface area contributed by atoms with Gasteiger partial charge in [0.1, 0.15) is 0 Å². The normalized spacial score (nSPS) is 16.5. The molecule has 1 unspecified atom stereocenters. The van der Waals surface area contributed by atoms with Crippen LogP contribution in [0.3, 0.4) is 0 Å². The van der Waals surface area contributed by atoms with E-state index >= 15 is 0 Å². The van der Waals surface area contributed by atoms with E-state index < -0.39 is 17.1 Å². The predicted molar refractivity (Wildman–Crippen MR) is 245 cm³/mol. The first-order valence-electron chi connectivity index (χ1n) is 23.3. The fourth-order valence-electron chi connectivity index (χ4n) is 8.86. The standard InChI is InChI=1S/C52H82O8/c1-8-11-12-13-16-40-19-21-41(22-20-40)47-32-44(17-14-29-59-49(57)38(4)5)48(45(33-47)18-15-30-60-50(58)39(6)7)46-24-23-42(25-27-51(9-2,34-53)35-54)43(31-46)26-28-52(10-3,36-55)37-56/h23-24,31-33,40-41,49,53-57H,4,6,8-22,25-30,34-37H2,1-3,5,7H3. The molecule has 0 aromatic heterocycles. The summed E-state index contributed by atoms with van der Waals surface area (Å²) < 4.78 is 11.3. The smallest absolute Gasteiger partial charge is 0.333 e. The molecule has 1 aliphatic carbocycles. The highest BCUT2D eigenvalue weighted by Gasteiger charge is 2.30. The third-order valence-corrected chi connectivity index (χ3v) is 13.8. The predicted octanol–water partition coefficient (Wildman–Crippen LogP) is 10.1. The molecule has 1 fully saturated rings. The second kappa shape index (κ2) is 26.6. The zero-order valence-corrected chi connectivity index (χ0v) is 38.2. The molecule has 0 spiro atoms. The van der Waals surface area contributed by atoms with E-state index in [1.54, 1.807) is 13.8 Å². The molecule has 0 radical (unpaired) electrons. The minimum Gasteiger partial charge on any atom is -0.462 e. The van der Waals surface area contributed by atoms with Crippen molar-refractivity contribution in [3.05, 3.63) is 82.5 Å². The molecule has 5 N–H and O–H groups in total. The lowest BCUT2D eigenvalue weighted by Gasteiger charge is -2.31. The lowest BCUT2D eigenvalue weighted by molar-refractivity contribution is -0.139. The van der Waals surface area contributed by atoms with E-state index in [1.165, 1.54) is 80.0 Å². The molecule has 1 saturated carbocycles. The number of aliphatic hydroxyl groups is 5. The van der Waals surface area contributed by atoms with Crippen LogP contribution in [0.4, 0.5) is 0 Å². The van der Waals surface area contributed by atoms with E-state index in [-0.39, 0.29) is 32.4 Å². The average molecular weight is 835 g/mol. The van der Waals surface area contributed by atoms with Crippen LogP contribution in [0.15, 0.2) is 54.6 Å². The molecule has 3 rings (SSSR count). The molecule has 338 valence electrons. The fourth-order valence-corrected chi connectivity index (χ4v) is 8.86. The van der Waals surface area contributed by atoms with Crippen molar-refractivity contribution in [1.29, 1.82) is 0 Å². The van der Waals surface area contributed by atoms with E-state index in [9.17, 15) is 30.3 Å². The molecule has 2 aromatic rings. The van der Waals surface area contributed by atoms with Gasteiger partial charge in [0.15, 0.2) is 6.29 Å². The van der Waals surface area contributed by atoms with Gasteiger partial charge in [-0.25, -0.2) is 4.79 Å². The summed E-state index contributed by atoms with van der Waals surface area (Å²) in [5, 5.41) is 51.7. The van der Waals surface area contributed by atoms with Crippen LogP contribution in [0.5, 0.6) is 0 Å². The fraction of sp³-hybridized carbons (Fsp3) is 0.673. The van der Waals surface area contributed by atoms with Crippen molar-refractivity contribution in [3.63, 3.8) is 0 Å². The third kappa shape index (κ3) is 15.5. The Labute approximate surface area is 363 Å². The van der Waals surface area contributed by atoms with Crippen LogP contribution in [-0.4, -0.2) is 77.4 Å². The van der Waals surface area contributed by atoms with Crippen LogP contribution >= 0.6 is 0 Å². The molecular weight excluding hydrogens is 753 g/mol. The van der Waals surface area contributed by atoms with E-state index in [4.69, 9.17) is 9.47 Å². The largest absolute Gasteiger partial charge is 0.462 e. The van der Waals surface area contributed by atoms with Crippen molar-refractivity contribution in [2.75, 3.05) is 39.6 Å². The molecule has 8 nitrogen and oxygen atoms in total. The van der Waals surface area contributed by atoms with Crippen molar-refractivity contribution in [2.45, 2.75) is 169 Å². The Morgan fingerprint density at radius 2 is 1.28 bits per heavy atom. The zero-order chi connectivity index (χ0) is 44.1. The average Bonchev–Trinajstić information content (AvgIpc) is 3.26. The van der Waals surface area contributed by atoms with Crippen LogP contribution in [0.2, 0.25) is 0 Å². The number of hydrogen-bond acceptors (Lipinski definition) is 8. The van der Waals surface area contributed by atoms with Crippen molar-refractivity contribution < 1.29 is 39.8 Å². The van der Waals surface area contributed by atoms with Gasteiger partial charge < -0.3 is 35.0 Å². The lowest BCUT2D eigenvalue weighted by atomic mass is 9.75. The first kappa shape index (κ1) is 51.5. The molecule has 8 heteroatoms. The molecule has 60 heavy (non-hydrogen) atoms. The number of aryl methyl sites for hydroxylation is 4. The third-order valence-electron chi connectivity index (χ3n) is 13.8. The topological polar surface area (TPSA) is 137 Å². The van der Waals surface area contributed by atoms with Gasteiger partial charge in [0, 0.05) is 16.4 Å². The number of hydrogen-bond donors (Lipinski definition) is 5. The molecule has 0 heterocycles. The lowest BCUT2D eigenvalue weighted by Crippen LogP contribution is -2.30. The van der Waals surface area contributed by atoms with E-state index in [0.29, 0.717) is 88.1 Å². The second-order valence-corrected chi connectivity index (χ2v) is 18.3. The highest BCUT2D eigenvalue weighted by Crippen LogP contribution is 2.42. The maximum Gasteiger partial charge on any atom is 0.333 e. The minimum atomic E-state index is -1.00. The summed E-state index contributed by atoms with van der Waals surface area (Å²) in [6.45, 7) is 17.6.